The largest absolute Gasteiger partial charge is 0.302 e. The fraction of sp³-hybridized carbons (Fsp3) is 0.167. The highest BCUT2D eigenvalue weighted by atomic mass is 79.9. The number of carbonyl (C=O) groups is 1. The maximum absolute atomic E-state index is 11.5. The van der Waals surface area contributed by atoms with Crippen molar-refractivity contribution in [2.45, 2.75) is 0 Å². The molecular weight excluding hydrogens is 300 g/mol. The minimum atomic E-state index is -0.138. The Bertz CT molecular complexity index is 468. The first-order chi connectivity index (χ1) is 8.24. The molecule has 0 saturated carbocycles. The fourth-order valence-electron chi connectivity index (χ4n) is 1.30. The molecule has 1 N–H and O–H groups in total. The maximum Gasteiger partial charge on any atom is 0.249 e. The molecule has 1 aliphatic rings. The molecule has 0 saturated heterocycles. The highest BCUT2D eigenvalue weighted by Crippen LogP contribution is 2.12. The van der Waals surface area contributed by atoms with Crippen LogP contribution >= 0.6 is 27.7 Å². The normalized spacial score (nSPS) is 15.0. The molecule has 1 aromatic carbocycles. The number of benzene rings is 1. The molecule has 0 atom stereocenters. The molecule has 17 heavy (non-hydrogen) atoms. The Hall–Kier alpha value is -1.07. The second kappa shape index (κ2) is 6.02. The predicted octanol–water partition coefficient (Wildman–Crippen LogP) is 2.68. The van der Waals surface area contributed by atoms with Gasteiger partial charge in [-0.05, 0) is 23.8 Å². The van der Waals surface area contributed by atoms with E-state index in [1.54, 1.807) is 17.8 Å². The molecule has 1 amide bonds. The van der Waals surface area contributed by atoms with E-state index in [-0.39, 0.29) is 5.91 Å². The van der Waals surface area contributed by atoms with E-state index in [0.29, 0.717) is 0 Å². The number of amidine groups is 1. The molecular formula is C12H11BrN2OS. The number of halogens is 1. The Labute approximate surface area is 113 Å². The van der Waals surface area contributed by atoms with Gasteiger partial charge in [0.25, 0.3) is 0 Å². The summed E-state index contributed by atoms with van der Waals surface area (Å²) in [6.45, 7) is 0.788. The van der Waals surface area contributed by atoms with Gasteiger partial charge in [0.2, 0.25) is 5.91 Å². The Kier molecular flexibility index (Phi) is 4.39. The third kappa shape index (κ3) is 4.02. The zero-order valence-electron chi connectivity index (χ0n) is 9.02. The lowest BCUT2D eigenvalue weighted by molar-refractivity contribution is -0.115. The van der Waals surface area contributed by atoms with Crippen LogP contribution in [0.3, 0.4) is 0 Å². The Morgan fingerprint density at radius 3 is 2.82 bits per heavy atom. The van der Waals surface area contributed by atoms with E-state index in [0.717, 1.165) is 27.5 Å². The summed E-state index contributed by atoms with van der Waals surface area (Å²) in [5.41, 5.74) is 0.990. The van der Waals surface area contributed by atoms with E-state index in [4.69, 9.17) is 0 Å². The summed E-state index contributed by atoms with van der Waals surface area (Å²) < 4.78 is 1.02. The number of thioether (sulfide) groups is 1. The molecule has 2 rings (SSSR count). The van der Waals surface area contributed by atoms with E-state index in [1.165, 1.54) is 6.08 Å². The summed E-state index contributed by atoms with van der Waals surface area (Å²) in [6.07, 6.45) is 3.30. The lowest BCUT2D eigenvalue weighted by atomic mass is 10.2. The predicted molar refractivity (Wildman–Crippen MR) is 76.1 cm³/mol. The number of hydrogen-bond acceptors (Lipinski definition) is 3. The van der Waals surface area contributed by atoms with Gasteiger partial charge in [-0.3, -0.25) is 9.79 Å². The van der Waals surface area contributed by atoms with Crippen LogP contribution in [0.1, 0.15) is 5.56 Å². The van der Waals surface area contributed by atoms with Crippen molar-refractivity contribution in [1.29, 1.82) is 0 Å². The first kappa shape index (κ1) is 12.4. The molecule has 1 heterocycles. The van der Waals surface area contributed by atoms with E-state index in [9.17, 15) is 4.79 Å². The van der Waals surface area contributed by atoms with Gasteiger partial charge in [-0.15, -0.1) is 0 Å². The number of carbonyl (C=O) groups excluding carboxylic acids is 1. The zero-order chi connectivity index (χ0) is 12.1. The lowest BCUT2D eigenvalue weighted by Crippen LogP contribution is -2.25. The maximum atomic E-state index is 11.5. The Balaban J connectivity index is 1.91. The number of hydrogen-bond donors (Lipinski definition) is 1. The first-order valence-corrected chi connectivity index (χ1v) is 6.94. The van der Waals surface area contributed by atoms with Crippen molar-refractivity contribution in [2.24, 2.45) is 4.99 Å². The first-order valence-electron chi connectivity index (χ1n) is 5.16. The summed E-state index contributed by atoms with van der Waals surface area (Å²) in [7, 11) is 0. The van der Waals surface area contributed by atoms with Crippen LogP contribution in [0.4, 0.5) is 0 Å². The molecule has 0 spiro atoms. The number of rotatable bonds is 2. The molecule has 0 bridgehead atoms. The van der Waals surface area contributed by atoms with Crippen molar-refractivity contribution in [3.05, 3.63) is 40.4 Å². The van der Waals surface area contributed by atoms with Gasteiger partial charge in [-0.1, -0.05) is 39.8 Å². The van der Waals surface area contributed by atoms with Gasteiger partial charge in [-0.2, -0.15) is 0 Å². The minimum absolute atomic E-state index is 0.138. The van der Waals surface area contributed by atoms with Crippen LogP contribution in [0.2, 0.25) is 0 Å². The quantitative estimate of drug-likeness (QED) is 0.853. The molecule has 5 heteroatoms. The van der Waals surface area contributed by atoms with Gasteiger partial charge < -0.3 is 5.32 Å². The monoisotopic (exact) mass is 310 g/mol. The molecule has 88 valence electrons. The molecule has 0 aliphatic carbocycles. The van der Waals surface area contributed by atoms with E-state index in [2.05, 4.69) is 26.2 Å². The fourth-order valence-corrected chi connectivity index (χ4v) is 2.30. The van der Waals surface area contributed by atoms with Crippen molar-refractivity contribution < 1.29 is 4.79 Å². The molecule has 0 aromatic heterocycles. The van der Waals surface area contributed by atoms with Gasteiger partial charge in [0.05, 0.1) is 6.54 Å². The van der Waals surface area contributed by atoms with Crippen LogP contribution < -0.4 is 5.32 Å². The average Bonchev–Trinajstić information content (AvgIpc) is 2.81. The third-order valence-corrected chi connectivity index (χ3v) is 3.53. The highest BCUT2D eigenvalue weighted by molar-refractivity contribution is 9.10. The van der Waals surface area contributed by atoms with Gasteiger partial charge >= 0.3 is 0 Å². The van der Waals surface area contributed by atoms with Gasteiger partial charge in [0.1, 0.15) is 0 Å². The smallest absolute Gasteiger partial charge is 0.249 e. The van der Waals surface area contributed by atoms with Crippen LogP contribution in [-0.4, -0.2) is 23.4 Å². The third-order valence-electron chi connectivity index (χ3n) is 2.11. The molecule has 0 unspecified atom stereocenters. The Morgan fingerprint density at radius 1 is 1.41 bits per heavy atom. The summed E-state index contributed by atoms with van der Waals surface area (Å²) in [5.74, 6) is 0.813. The van der Waals surface area contributed by atoms with Crippen LogP contribution in [0.5, 0.6) is 0 Å². The Morgan fingerprint density at radius 2 is 2.18 bits per heavy atom. The van der Waals surface area contributed by atoms with Crippen molar-refractivity contribution in [3.8, 4) is 0 Å². The summed E-state index contributed by atoms with van der Waals surface area (Å²) >= 11 is 4.93. The van der Waals surface area contributed by atoms with Gasteiger partial charge in [-0.25, -0.2) is 0 Å². The van der Waals surface area contributed by atoms with Gasteiger partial charge in [0.15, 0.2) is 5.17 Å². The lowest BCUT2D eigenvalue weighted by Gasteiger charge is -1.99. The van der Waals surface area contributed by atoms with Crippen LogP contribution in [0, 0.1) is 0 Å². The van der Waals surface area contributed by atoms with E-state index in [1.807, 2.05) is 24.3 Å². The molecule has 0 fully saturated rings. The number of nitrogens with one attached hydrogen (secondary N) is 1. The zero-order valence-corrected chi connectivity index (χ0v) is 11.4. The summed E-state index contributed by atoms with van der Waals surface area (Å²) in [4.78, 5) is 15.7. The van der Waals surface area contributed by atoms with Crippen molar-refractivity contribution in [1.82, 2.24) is 5.32 Å². The second-order valence-corrected chi connectivity index (χ2v) is 5.41. The molecule has 0 radical (unpaired) electrons. The topological polar surface area (TPSA) is 41.5 Å². The second-order valence-electron chi connectivity index (χ2n) is 3.41. The number of amides is 1. The van der Waals surface area contributed by atoms with Crippen LogP contribution in [0.15, 0.2) is 39.8 Å². The molecule has 1 aromatic rings. The highest BCUT2D eigenvalue weighted by Gasteiger charge is 2.08. The number of aliphatic imine (C=N–C) groups is 1. The SMILES string of the molecule is O=C(C=Cc1ccc(Br)cc1)NC1=NCCS1. The van der Waals surface area contributed by atoms with E-state index >= 15 is 0 Å². The van der Waals surface area contributed by atoms with Gasteiger partial charge in [0, 0.05) is 16.3 Å². The molecule has 3 nitrogen and oxygen atoms in total. The van der Waals surface area contributed by atoms with Crippen LogP contribution in [-0.2, 0) is 4.79 Å². The van der Waals surface area contributed by atoms with Crippen LogP contribution in [0.25, 0.3) is 6.08 Å². The van der Waals surface area contributed by atoms with Crippen molar-refractivity contribution >= 4 is 44.8 Å². The van der Waals surface area contributed by atoms with Crippen molar-refractivity contribution in [2.75, 3.05) is 12.3 Å². The molecule has 1 aliphatic heterocycles. The summed E-state index contributed by atoms with van der Waals surface area (Å²) in [6, 6.07) is 7.76. The number of nitrogens with zero attached hydrogens (tertiary/aromatic N) is 1. The average molecular weight is 311 g/mol. The summed E-state index contributed by atoms with van der Waals surface area (Å²) in [5, 5.41) is 3.46. The standard InChI is InChI=1S/C12H11BrN2OS/c13-10-4-1-9(2-5-10)3-6-11(16)15-12-14-7-8-17-12/h1-6H,7-8H2,(H,14,15,16). The van der Waals surface area contributed by atoms with Crippen molar-refractivity contribution in [3.63, 3.8) is 0 Å². The minimum Gasteiger partial charge on any atom is -0.302 e. The van der Waals surface area contributed by atoms with E-state index < -0.39 is 0 Å².